The van der Waals surface area contributed by atoms with Crippen LogP contribution in [0.5, 0.6) is 5.75 Å². The lowest BCUT2D eigenvalue weighted by Crippen LogP contribution is -2.45. The maximum atomic E-state index is 14.4. The molecule has 1 N–H and O–H groups in total. The Labute approximate surface area is 281 Å². The van der Waals surface area contributed by atoms with Crippen molar-refractivity contribution in [1.29, 1.82) is 0 Å². The summed E-state index contributed by atoms with van der Waals surface area (Å²) >= 11 is 0. The third-order valence-corrected chi connectivity index (χ3v) is 9.86. The van der Waals surface area contributed by atoms with E-state index >= 15 is 0 Å². The van der Waals surface area contributed by atoms with Crippen molar-refractivity contribution in [2.75, 3.05) is 18.6 Å². The molecule has 0 aliphatic heterocycles. The first-order chi connectivity index (χ1) is 22.4. The molecule has 2 aromatic carbocycles. The van der Waals surface area contributed by atoms with Gasteiger partial charge < -0.3 is 19.7 Å². The molecular weight excluding hydrogens is 588 g/mol. The molecule has 254 valence electrons. The number of methoxy groups -OCH3 is 1. The summed E-state index contributed by atoms with van der Waals surface area (Å²) in [5.74, 6) is 2.03. The van der Waals surface area contributed by atoms with Gasteiger partial charge in [-0.15, -0.1) is 0 Å². The highest BCUT2D eigenvalue weighted by Gasteiger charge is 2.34. The molecule has 0 spiro atoms. The number of hydrogen-bond acceptors (Lipinski definition) is 5. The summed E-state index contributed by atoms with van der Waals surface area (Å²) in [6, 6.07) is 15.3. The predicted octanol–water partition coefficient (Wildman–Crippen LogP) is 8.84. The Morgan fingerprint density at radius 3 is 2.32 bits per heavy atom. The van der Waals surface area contributed by atoms with Crippen LogP contribution in [0.4, 0.5) is 10.5 Å². The lowest BCUT2D eigenvalue weighted by Gasteiger charge is -2.36. The number of hydrogen-bond donors (Lipinski definition) is 1. The van der Waals surface area contributed by atoms with Crippen LogP contribution in [0.25, 0.3) is 11.1 Å². The van der Waals surface area contributed by atoms with Crippen LogP contribution in [0.15, 0.2) is 54.9 Å². The van der Waals surface area contributed by atoms with Gasteiger partial charge in [-0.3, -0.25) is 9.48 Å². The van der Waals surface area contributed by atoms with Crippen LogP contribution >= 0.6 is 0 Å². The Balaban J connectivity index is 1.30. The first-order valence-corrected chi connectivity index (χ1v) is 17.5. The Bertz CT molecular complexity index is 1510. The summed E-state index contributed by atoms with van der Waals surface area (Å²) in [5.41, 5.74) is 5.10. The topological polar surface area (TPSA) is 85.7 Å². The van der Waals surface area contributed by atoms with Gasteiger partial charge in [0.2, 0.25) is 5.91 Å². The third kappa shape index (κ3) is 8.96. The number of aryl methyl sites for hydroxylation is 1. The Morgan fingerprint density at radius 2 is 1.70 bits per heavy atom. The van der Waals surface area contributed by atoms with Crippen molar-refractivity contribution >= 4 is 17.7 Å². The molecule has 8 heteroatoms. The zero-order valence-electron chi connectivity index (χ0n) is 29.4. The van der Waals surface area contributed by atoms with Crippen molar-refractivity contribution < 1.29 is 19.1 Å². The molecule has 47 heavy (non-hydrogen) atoms. The van der Waals surface area contributed by atoms with Crippen LogP contribution in [-0.4, -0.2) is 47.1 Å². The van der Waals surface area contributed by atoms with Crippen LogP contribution in [0.2, 0.25) is 0 Å². The zero-order valence-corrected chi connectivity index (χ0v) is 29.4. The zero-order chi connectivity index (χ0) is 33.7. The van der Waals surface area contributed by atoms with E-state index in [0.717, 1.165) is 80.5 Å². The summed E-state index contributed by atoms with van der Waals surface area (Å²) in [6.45, 7) is 12.7. The van der Waals surface area contributed by atoms with Gasteiger partial charge in [-0.1, -0.05) is 24.3 Å². The largest absolute Gasteiger partial charge is 0.496 e. The lowest BCUT2D eigenvalue weighted by atomic mass is 9.78. The number of benzene rings is 2. The molecule has 0 bridgehead atoms. The number of rotatable bonds is 9. The Kier molecular flexibility index (Phi) is 11.0. The molecule has 5 rings (SSSR count). The normalized spacial score (nSPS) is 21.7. The van der Waals surface area contributed by atoms with Crippen molar-refractivity contribution in [3.05, 3.63) is 66.0 Å². The number of carbonyl (C=O) groups excluding carboxylic acids is 2. The summed E-state index contributed by atoms with van der Waals surface area (Å²) in [5, 5.41) is 7.58. The molecule has 2 saturated carbocycles. The van der Waals surface area contributed by atoms with E-state index in [0.29, 0.717) is 11.8 Å². The SMILES string of the molecule is COc1ccc(C2CCC(CN(C(=O)C3CCC(NC(=O)OC(C)(C)C)CC3)c3cccc(-c4cnn(C(C)C)c4)c3)CC2)cc1C. The second-order valence-corrected chi connectivity index (χ2v) is 14.9. The van der Waals surface area contributed by atoms with E-state index in [1.54, 1.807) is 7.11 Å². The quantitative estimate of drug-likeness (QED) is 0.252. The molecule has 3 aromatic rings. The number of ether oxygens (including phenoxy) is 2. The Morgan fingerprint density at radius 1 is 0.979 bits per heavy atom. The monoisotopic (exact) mass is 642 g/mol. The van der Waals surface area contributed by atoms with E-state index < -0.39 is 5.60 Å². The van der Waals surface area contributed by atoms with E-state index in [4.69, 9.17) is 9.47 Å². The molecule has 0 unspecified atom stereocenters. The number of alkyl carbamates (subject to hydrolysis) is 1. The van der Waals surface area contributed by atoms with Gasteiger partial charge in [0.1, 0.15) is 11.4 Å². The van der Waals surface area contributed by atoms with Crippen LogP contribution in [-0.2, 0) is 9.53 Å². The molecule has 2 fully saturated rings. The number of anilines is 1. The lowest BCUT2D eigenvalue weighted by molar-refractivity contribution is -0.123. The smallest absolute Gasteiger partial charge is 0.407 e. The molecule has 2 aliphatic rings. The molecular formula is C39H54N4O4. The van der Waals surface area contributed by atoms with Gasteiger partial charge in [-0.05, 0) is 140 Å². The summed E-state index contributed by atoms with van der Waals surface area (Å²) < 4.78 is 12.9. The van der Waals surface area contributed by atoms with Crippen molar-refractivity contribution in [1.82, 2.24) is 15.1 Å². The summed E-state index contributed by atoms with van der Waals surface area (Å²) in [4.78, 5) is 28.9. The van der Waals surface area contributed by atoms with Crippen LogP contribution in [0.3, 0.4) is 0 Å². The molecule has 2 amide bonds. The highest BCUT2D eigenvalue weighted by molar-refractivity contribution is 5.95. The number of aromatic nitrogens is 2. The third-order valence-electron chi connectivity index (χ3n) is 9.86. The van der Waals surface area contributed by atoms with Crippen LogP contribution in [0.1, 0.15) is 109 Å². The molecule has 1 aromatic heterocycles. The minimum Gasteiger partial charge on any atom is -0.496 e. The van der Waals surface area contributed by atoms with Gasteiger partial charge in [-0.2, -0.15) is 5.10 Å². The summed E-state index contributed by atoms with van der Waals surface area (Å²) in [6.07, 6.45) is 11.1. The molecule has 2 aliphatic carbocycles. The van der Waals surface area contributed by atoms with E-state index in [9.17, 15) is 9.59 Å². The van der Waals surface area contributed by atoms with Crippen molar-refractivity contribution in [2.24, 2.45) is 11.8 Å². The fourth-order valence-electron chi connectivity index (χ4n) is 7.22. The maximum Gasteiger partial charge on any atom is 0.407 e. The van der Waals surface area contributed by atoms with Gasteiger partial charge in [0, 0.05) is 42.0 Å². The fourth-order valence-corrected chi connectivity index (χ4v) is 7.22. The number of amides is 2. The first kappa shape index (κ1) is 34.5. The number of carbonyl (C=O) groups is 2. The van der Waals surface area contributed by atoms with Gasteiger partial charge >= 0.3 is 6.09 Å². The van der Waals surface area contributed by atoms with Crippen LogP contribution in [0, 0.1) is 18.8 Å². The van der Waals surface area contributed by atoms with Crippen LogP contribution < -0.4 is 15.0 Å². The van der Waals surface area contributed by atoms with E-state index in [1.165, 1.54) is 11.1 Å². The van der Waals surface area contributed by atoms with Gasteiger partial charge in [-0.25, -0.2) is 4.79 Å². The van der Waals surface area contributed by atoms with Gasteiger partial charge in [0.25, 0.3) is 0 Å². The maximum absolute atomic E-state index is 14.4. The molecule has 0 saturated heterocycles. The fraction of sp³-hybridized carbons (Fsp3) is 0.564. The van der Waals surface area contributed by atoms with Crippen molar-refractivity contribution in [3.63, 3.8) is 0 Å². The molecule has 1 heterocycles. The Hall–Kier alpha value is -3.81. The molecule has 0 atom stereocenters. The first-order valence-electron chi connectivity index (χ1n) is 17.5. The van der Waals surface area contributed by atoms with Gasteiger partial charge in [0.05, 0.1) is 13.3 Å². The minimum atomic E-state index is -0.535. The average Bonchev–Trinajstić information content (AvgIpc) is 3.54. The second kappa shape index (κ2) is 15.0. The van der Waals surface area contributed by atoms with E-state index in [1.807, 2.05) is 31.6 Å². The van der Waals surface area contributed by atoms with Gasteiger partial charge in [0.15, 0.2) is 0 Å². The van der Waals surface area contributed by atoms with Crippen molar-refractivity contribution in [2.45, 2.75) is 117 Å². The van der Waals surface area contributed by atoms with Crippen molar-refractivity contribution in [3.8, 4) is 16.9 Å². The number of nitrogens with one attached hydrogen (secondary N) is 1. The summed E-state index contributed by atoms with van der Waals surface area (Å²) in [7, 11) is 1.72. The standard InChI is InChI=1S/C39H54N4O4/c1-26(2)43-25-33(23-40-43)31-9-8-10-35(22-31)42(37(44)30-15-18-34(19-16-30)41-38(45)47-39(4,5)6)24-28-11-13-29(14-12-28)32-17-20-36(46-7)27(3)21-32/h8-10,17,20-23,25-26,28-30,34H,11-16,18-19,24H2,1-7H3,(H,41,45). The molecule has 0 radical (unpaired) electrons. The second-order valence-electron chi connectivity index (χ2n) is 14.9. The average molecular weight is 643 g/mol. The predicted molar refractivity (Wildman–Crippen MR) is 188 cm³/mol. The highest BCUT2D eigenvalue weighted by atomic mass is 16.6. The minimum absolute atomic E-state index is 0.0278. The van der Waals surface area contributed by atoms with E-state index in [-0.39, 0.29) is 30.0 Å². The number of nitrogens with zero attached hydrogens (tertiary/aromatic N) is 3. The highest BCUT2D eigenvalue weighted by Crippen LogP contribution is 2.39. The molecule has 8 nitrogen and oxygen atoms in total. The van der Waals surface area contributed by atoms with E-state index in [2.05, 4.69) is 84.7 Å².